The van der Waals surface area contributed by atoms with Crippen molar-refractivity contribution < 1.29 is 14.3 Å². The highest BCUT2D eigenvalue weighted by Crippen LogP contribution is 2.38. The monoisotopic (exact) mass is 349 g/mol. The molecule has 1 fully saturated rings. The summed E-state index contributed by atoms with van der Waals surface area (Å²) in [5, 5.41) is 1.43. The first-order chi connectivity index (χ1) is 11.6. The van der Waals surface area contributed by atoms with Gasteiger partial charge in [0.2, 0.25) is 5.91 Å². The van der Waals surface area contributed by atoms with E-state index < -0.39 is 0 Å². The van der Waals surface area contributed by atoms with Gasteiger partial charge in [0.1, 0.15) is 11.3 Å². The Labute approximate surface area is 145 Å². The number of morpholine rings is 1. The number of benzene rings is 1. The number of rotatable bonds is 5. The molecule has 1 saturated heterocycles. The van der Waals surface area contributed by atoms with Crippen molar-refractivity contribution in [2.75, 3.05) is 33.4 Å². The second kappa shape index (κ2) is 7.34. The molecule has 1 atom stereocenters. The fourth-order valence-corrected chi connectivity index (χ4v) is 3.38. The third-order valence-corrected chi connectivity index (χ3v) is 4.62. The molecule has 2 aromatic rings. The van der Waals surface area contributed by atoms with Crippen LogP contribution in [0.4, 0.5) is 0 Å². The number of hydrogen-bond acceptors (Lipinski definition) is 5. The Balaban J connectivity index is 2.10. The summed E-state index contributed by atoms with van der Waals surface area (Å²) in [6.45, 7) is 2.74. The van der Waals surface area contributed by atoms with Gasteiger partial charge in [-0.3, -0.25) is 14.7 Å². The molecule has 0 saturated carbocycles. The van der Waals surface area contributed by atoms with Crippen LogP contribution in [0.25, 0.3) is 10.9 Å². The molecular weight excluding hydrogens is 330 g/mol. The number of aromatic nitrogens is 1. The number of nitrogens with two attached hydrogens (primary N) is 1. The van der Waals surface area contributed by atoms with Gasteiger partial charge < -0.3 is 15.2 Å². The molecule has 0 radical (unpaired) electrons. The van der Waals surface area contributed by atoms with Crippen molar-refractivity contribution in [3.63, 3.8) is 0 Å². The van der Waals surface area contributed by atoms with E-state index in [1.165, 1.54) is 0 Å². The smallest absolute Gasteiger partial charge is 0.219 e. The lowest BCUT2D eigenvalue weighted by molar-refractivity contribution is -0.119. The molecule has 0 spiro atoms. The summed E-state index contributed by atoms with van der Waals surface area (Å²) in [6.07, 6.45) is 1.86. The first-order valence-electron chi connectivity index (χ1n) is 7.83. The van der Waals surface area contributed by atoms with Gasteiger partial charge in [-0.05, 0) is 6.07 Å². The van der Waals surface area contributed by atoms with Gasteiger partial charge in [0.05, 0.1) is 25.3 Å². The molecule has 2 N–H and O–H groups in total. The molecule has 1 aromatic heterocycles. The van der Waals surface area contributed by atoms with Crippen molar-refractivity contribution in [3.05, 3.63) is 35.0 Å². The molecule has 1 aliphatic heterocycles. The average molecular weight is 350 g/mol. The Morgan fingerprint density at radius 1 is 1.42 bits per heavy atom. The minimum Gasteiger partial charge on any atom is -0.494 e. The largest absolute Gasteiger partial charge is 0.494 e. The summed E-state index contributed by atoms with van der Waals surface area (Å²) in [6, 6.07) is 5.42. The summed E-state index contributed by atoms with van der Waals surface area (Å²) in [5.41, 5.74) is 7.07. The van der Waals surface area contributed by atoms with Gasteiger partial charge in [-0.25, -0.2) is 0 Å². The first kappa shape index (κ1) is 17.0. The van der Waals surface area contributed by atoms with E-state index in [1.54, 1.807) is 19.4 Å². The molecule has 1 aromatic carbocycles. The second-order valence-corrected chi connectivity index (χ2v) is 6.12. The summed E-state index contributed by atoms with van der Waals surface area (Å²) in [4.78, 5) is 18.2. The lowest BCUT2D eigenvalue weighted by atomic mass is 9.98. The quantitative estimate of drug-likeness (QED) is 0.894. The topological polar surface area (TPSA) is 77.7 Å². The Morgan fingerprint density at radius 3 is 2.83 bits per heavy atom. The third-order valence-electron chi connectivity index (χ3n) is 4.29. The first-order valence-corrected chi connectivity index (χ1v) is 8.21. The highest BCUT2D eigenvalue weighted by atomic mass is 35.5. The fraction of sp³-hybridized carbons (Fsp3) is 0.412. The van der Waals surface area contributed by atoms with E-state index in [1.807, 2.05) is 12.1 Å². The van der Waals surface area contributed by atoms with E-state index >= 15 is 0 Å². The maximum Gasteiger partial charge on any atom is 0.219 e. The van der Waals surface area contributed by atoms with Gasteiger partial charge in [-0.2, -0.15) is 0 Å². The van der Waals surface area contributed by atoms with E-state index in [-0.39, 0.29) is 18.4 Å². The number of nitrogens with zero attached hydrogens (tertiary/aromatic N) is 2. The Morgan fingerprint density at radius 2 is 2.17 bits per heavy atom. The SMILES string of the molecule is COc1c(C(CC(N)=O)N2CCOCC2)ccc2c(Cl)ccnc12. The number of hydrogen-bond donors (Lipinski definition) is 1. The molecule has 6 nitrogen and oxygen atoms in total. The lowest BCUT2D eigenvalue weighted by Gasteiger charge is -2.35. The number of amides is 1. The van der Waals surface area contributed by atoms with Crippen LogP contribution in [-0.2, 0) is 9.53 Å². The maximum atomic E-state index is 11.6. The molecule has 1 amide bonds. The number of carbonyl (C=O) groups excluding carboxylic acids is 1. The van der Waals surface area contributed by atoms with Crippen molar-refractivity contribution in [1.29, 1.82) is 0 Å². The van der Waals surface area contributed by atoms with E-state index in [4.69, 9.17) is 26.8 Å². The number of fused-ring (bicyclic) bond motifs is 1. The molecule has 1 aliphatic rings. The van der Waals surface area contributed by atoms with Crippen molar-refractivity contribution in [1.82, 2.24) is 9.88 Å². The molecule has 1 unspecified atom stereocenters. The number of primary amides is 1. The summed E-state index contributed by atoms with van der Waals surface area (Å²) >= 11 is 6.25. The van der Waals surface area contributed by atoms with Crippen LogP contribution in [0.3, 0.4) is 0 Å². The summed E-state index contributed by atoms with van der Waals surface area (Å²) < 4.78 is 11.1. The molecule has 0 aliphatic carbocycles. The lowest BCUT2D eigenvalue weighted by Crippen LogP contribution is -2.40. The van der Waals surface area contributed by atoms with Crippen LogP contribution in [0.5, 0.6) is 5.75 Å². The van der Waals surface area contributed by atoms with Crippen molar-refractivity contribution >= 4 is 28.4 Å². The Hall–Kier alpha value is -1.89. The highest BCUT2D eigenvalue weighted by Gasteiger charge is 2.28. The van der Waals surface area contributed by atoms with Gasteiger partial charge in [-0.15, -0.1) is 0 Å². The van der Waals surface area contributed by atoms with Gasteiger partial charge >= 0.3 is 0 Å². The molecule has 3 rings (SSSR count). The number of ether oxygens (including phenoxy) is 2. The van der Waals surface area contributed by atoms with Crippen LogP contribution >= 0.6 is 11.6 Å². The normalized spacial score (nSPS) is 16.9. The van der Waals surface area contributed by atoms with Gasteiger partial charge in [-0.1, -0.05) is 23.7 Å². The van der Waals surface area contributed by atoms with Crippen LogP contribution in [-0.4, -0.2) is 49.2 Å². The predicted octanol–water partition coefficient (Wildman–Crippen LogP) is 2.15. The van der Waals surface area contributed by atoms with Crippen LogP contribution in [0, 0.1) is 0 Å². The van der Waals surface area contributed by atoms with Crippen molar-refractivity contribution in [2.24, 2.45) is 5.73 Å². The van der Waals surface area contributed by atoms with Gasteiger partial charge in [0, 0.05) is 42.7 Å². The van der Waals surface area contributed by atoms with E-state index in [0.717, 1.165) is 24.0 Å². The Bertz CT molecular complexity index is 747. The van der Waals surface area contributed by atoms with E-state index in [0.29, 0.717) is 29.5 Å². The number of methoxy groups -OCH3 is 1. The molecular formula is C17H20ClN3O3. The standard InChI is InChI=1S/C17H20ClN3O3/c1-23-17-12(3-2-11-13(18)4-5-20-16(11)17)14(10-15(19)22)21-6-8-24-9-7-21/h2-5,14H,6-10H2,1H3,(H2,19,22). The highest BCUT2D eigenvalue weighted by molar-refractivity contribution is 6.35. The van der Waals surface area contributed by atoms with Crippen molar-refractivity contribution in [2.45, 2.75) is 12.5 Å². The zero-order chi connectivity index (χ0) is 17.1. The number of pyridine rings is 1. The number of halogens is 1. The molecule has 2 heterocycles. The summed E-state index contributed by atoms with van der Waals surface area (Å²) in [7, 11) is 1.60. The summed E-state index contributed by atoms with van der Waals surface area (Å²) in [5.74, 6) is 0.278. The van der Waals surface area contributed by atoms with Crippen molar-refractivity contribution in [3.8, 4) is 5.75 Å². The molecule has 0 bridgehead atoms. The Kier molecular flexibility index (Phi) is 5.18. The van der Waals surface area contributed by atoms with Gasteiger partial charge in [0.15, 0.2) is 0 Å². The molecule has 24 heavy (non-hydrogen) atoms. The van der Waals surface area contributed by atoms with Gasteiger partial charge in [0.25, 0.3) is 0 Å². The van der Waals surface area contributed by atoms with Crippen LogP contribution < -0.4 is 10.5 Å². The predicted molar refractivity (Wildman–Crippen MR) is 92.2 cm³/mol. The maximum absolute atomic E-state index is 11.6. The zero-order valence-electron chi connectivity index (χ0n) is 13.5. The van der Waals surface area contributed by atoms with Crippen LogP contribution in [0.1, 0.15) is 18.0 Å². The zero-order valence-corrected chi connectivity index (χ0v) is 14.3. The fourth-order valence-electron chi connectivity index (χ4n) is 3.17. The molecule has 7 heteroatoms. The third kappa shape index (κ3) is 3.31. The minimum atomic E-state index is -0.354. The van der Waals surface area contributed by atoms with Crippen LogP contribution in [0.15, 0.2) is 24.4 Å². The molecule has 128 valence electrons. The van der Waals surface area contributed by atoms with Crippen LogP contribution in [0.2, 0.25) is 5.02 Å². The van der Waals surface area contributed by atoms with E-state index in [2.05, 4.69) is 9.88 Å². The second-order valence-electron chi connectivity index (χ2n) is 5.71. The average Bonchev–Trinajstić information content (AvgIpc) is 2.59. The number of carbonyl (C=O) groups is 1. The van der Waals surface area contributed by atoms with E-state index in [9.17, 15) is 4.79 Å². The minimum absolute atomic E-state index is 0.175.